The molecule has 1 aliphatic carbocycles. The SMILES string of the molecule is C(=N\Nc1ncnc2sc3c(c12)CCCC3)/c1ccc2ccccc2c1. The van der Waals surface area contributed by atoms with Crippen LogP contribution in [0.25, 0.3) is 21.0 Å². The van der Waals surface area contributed by atoms with Gasteiger partial charge in [0.1, 0.15) is 11.2 Å². The van der Waals surface area contributed by atoms with Crippen molar-refractivity contribution < 1.29 is 0 Å². The van der Waals surface area contributed by atoms with E-state index in [1.54, 1.807) is 17.7 Å². The van der Waals surface area contributed by atoms with Crippen molar-refractivity contribution in [2.75, 3.05) is 5.43 Å². The number of anilines is 1. The van der Waals surface area contributed by atoms with Crippen molar-refractivity contribution in [3.05, 3.63) is 64.8 Å². The minimum atomic E-state index is 0.812. The third kappa shape index (κ3) is 2.74. The molecule has 2 aromatic carbocycles. The molecule has 0 radical (unpaired) electrons. The molecular weight excluding hydrogens is 340 g/mol. The number of thiophene rings is 1. The van der Waals surface area contributed by atoms with Crippen LogP contribution in [0.15, 0.2) is 53.9 Å². The first-order chi connectivity index (χ1) is 12.9. The van der Waals surface area contributed by atoms with Crippen molar-refractivity contribution in [1.29, 1.82) is 0 Å². The van der Waals surface area contributed by atoms with Crippen molar-refractivity contribution in [1.82, 2.24) is 9.97 Å². The van der Waals surface area contributed by atoms with Crippen LogP contribution >= 0.6 is 11.3 Å². The summed E-state index contributed by atoms with van der Waals surface area (Å²) in [5, 5.41) is 8.04. The molecule has 2 aromatic heterocycles. The number of nitrogens with one attached hydrogen (secondary N) is 1. The molecule has 5 heteroatoms. The Bertz CT molecular complexity index is 1130. The second-order valence-electron chi connectivity index (χ2n) is 6.59. The van der Waals surface area contributed by atoms with Crippen LogP contribution < -0.4 is 5.43 Å². The number of fused-ring (bicyclic) bond motifs is 4. The molecule has 0 bridgehead atoms. The highest BCUT2D eigenvalue weighted by molar-refractivity contribution is 7.19. The van der Waals surface area contributed by atoms with Gasteiger partial charge >= 0.3 is 0 Å². The molecule has 2 heterocycles. The molecular formula is C21H18N4S. The zero-order valence-electron chi connectivity index (χ0n) is 14.3. The average molecular weight is 358 g/mol. The molecule has 4 nitrogen and oxygen atoms in total. The first-order valence-corrected chi connectivity index (χ1v) is 9.73. The Morgan fingerprint density at radius 3 is 2.85 bits per heavy atom. The van der Waals surface area contributed by atoms with Gasteiger partial charge in [-0.05, 0) is 53.6 Å². The topological polar surface area (TPSA) is 50.2 Å². The molecule has 0 amide bonds. The maximum absolute atomic E-state index is 4.46. The molecule has 0 fully saturated rings. The molecule has 0 aliphatic heterocycles. The van der Waals surface area contributed by atoms with E-state index in [9.17, 15) is 0 Å². The lowest BCUT2D eigenvalue weighted by Gasteiger charge is -2.11. The van der Waals surface area contributed by atoms with Gasteiger partial charge < -0.3 is 0 Å². The Morgan fingerprint density at radius 2 is 1.88 bits per heavy atom. The van der Waals surface area contributed by atoms with Gasteiger partial charge in [0, 0.05) is 4.88 Å². The number of nitrogens with zero attached hydrogens (tertiary/aromatic N) is 3. The van der Waals surface area contributed by atoms with Gasteiger partial charge in [0.2, 0.25) is 0 Å². The summed E-state index contributed by atoms with van der Waals surface area (Å²) in [5.74, 6) is 0.812. The Kier molecular flexibility index (Phi) is 3.87. The molecule has 0 saturated carbocycles. The minimum absolute atomic E-state index is 0.812. The molecule has 1 aliphatic rings. The first kappa shape index (κ1) is 15.5. The van der Waals surface area contributed by atoms with Gasteiger partial charge in [0.25, 0.3) is 0 Å². The van der Waals surface area contributed by atoms with E-state index in [-0.39, 0.29) is 0 Å². The fourth-order valence-corrected chi connectivity index (χ4v) is 4.86. The van der Waals surface area contributed by atoms with E-state index < -0.39 is 0 Å². The Balaban J connectivity index is 1.45. The van der Waals surface area contributed by atoms with Gasteiger partial charge in [-0.15, -0.1) is 11.3 Å². The first-order valence-electron chi connectivity index (χ1n) is 8.91. The number of hydrazone groups is 1. The second kappa shape index (κ2) is 6.50. The number of rotatable bonds is 3. The van der Waals surface area contributed by atoms with Crippen LogP contribution in [0.1, 0.15) is 28.8 Å². The Labute approximate surface area is 155 Å². The minimum Gasteiger partial charge on any atom is -0.261 e. The van der Waals surface area contributed by atoms with Gasteiger partial charge in [-0.1, -0.05) is 36.4 Å². The van der Waals surface area contributed by atoms with Crippen molar-refractivity contribution in [2.24, 2.45) is 5.10 Å². The lowest BCUT2D eigenvalue weighted by molar-refractivity contribution is 0.700. The quantitative estimate of drug-likeness (QED) is 0.406. The smallest absolute Gasteiger partial charge is 0.158 e. The molecule has 128 valence electrons. The van der Waals surface area contributed by atoms with Crippen LogP contribution in [0.5, 0.6) is 0 Å². The predicted octanol–water partition coefficient (Wildman–Crippen LogP) is 5.17. The summed E-state index contributed by atoms with van der Waals surface area (Å²) in [7, 11) is 0. The van der Waals surface area contributed by atoms with Gasteiger partial charge in [0.15, 0.2) is 5.82 Å². The monoisotopic (exact) mass is 358 g/mol. The molecule has 0 unspecified atom stereocenters. The lowest BCUT2D eigenvalue weighted by Crippen LogP contribution is -2.00. The molecule has 0 spiro atoms. The molecule has 4 aromatic rings. The van der Waals surface area contributed by atoms with E-state index in [0.29, 0.717) is 0 Å². The van der Waals surface area contributed by atoms with Gasteiger partial charge in [0.05, 0.1) is 11.6 Å². The maximum atomic E-state index is 4.46. The summed E-state index contributed by atoms with van der Waals surface area (Å²) in [6.07, 6.45) is 8.27. The van der Waals surface area contributed by atoms with Gasteiger partial charge in [-0.2, -0.15) is 5.10 Å². The zero-order chi connectivity index (χ0) is 17.3. The largest absolute Gasteiger partial charge is 0.261 e. The second-order valence-corrected chi connectivity index (χ2v) is 7.67. The lowest BCUT2D eigenvalue weighted by atomic mass is 9.97. The summed E-state index contributed by atoms with van der Waals surface area (Å²) < 4.78 is 0. The van der Waals surface area contributed by atoms with Crippen molar-refractivity contribution in [2.45, 2.75) is 25.7 Å². The van der Waals surface area contributed by atoms with Crippen LogP contribution in [-0.4, -0.2) is 16.2 Å². The van der Waals surface area contributed by atoms with Crippen LogP contribution in [0, 0.1) is 0 Å². The Hall–Kier alpha value is -2.79. The molecule has 26 heavy (non-hydrogen) atoms. The highest BCUT2D eigenvalue weighted by Crippen LogP contribution is 2.38. The van der Waals surface area contributed by atoms with Crippen LogP contribution in [-0.2, 0) is 12.8 Å². The van der Waals surface area contributed by atoms with Gasteiger partial charge in [-0.3, -0.25) is 5.43 Å². The third-order valence-electron chi connectivity index (χ3n) is 4.91. The number of aryl methyl sites for hydroxylation is 2. The maximum Gasteiger partial charge on any atom is 0.158 e. The van der Waals surface area contributed by atoms with Crippen molar-refractivity contribution >= 4 is 44.4 Å². The van der Waals surface area contributed by atoms with E-state index in [0.717, 1.165) is 34.4 Å². The highest BCUT2D eigenvalue weighted by Gasteiger charge is 2.19. The van der Waals surface area contributed by atoms with E-state index >= 15 is 0 Å². The standard InChI is InChI=1S/C21H18N4S/c1-2-6-16-11-14(9-10-15(16)5-1)12-24-25-20-19-17-7-3-4-8-18(17)26-21(19)23-13-22-20/h1-2,5-6,9-13H,3-4,7-8H2,(H,22,23,25)/b24-12+. The number of aromatic nitrogens is 2. The number of benzene rings is 2. The van der Waals surface area contributed by atoms with Crippen molar-refractivity contribution in [3.63, 3.8) is 0 Å². The van der Waals surface area contributed by atoms with E-state index in [4.69, 9.17) is 0 Å². The predicted molar refractivity (Wildman–Crippen MR) is 109 cm³/mol. The van der Waals surface area contributed by atoms with E-state index in [2.05, 4.69) is 63.0 Å². The third-order valence-corrected chi connectivity index (χ3v) is 6.11. The molecule has 0 saturated heterocycles. The van der Waals surface area contributed by atoms with Gasteiger partial charge in [-0.25, -0.2) is 9.97 Å². The average Bonchev–Trinajstić information content (AvgIpc) is 3.07. The summed E-state index contributed by atoms with van der Waals surface area (Å²) in [6, 6.07) is 14.7. The van der Waals surface area contributed by atoms with Crippen LogP contribution in [0.4, 0.5) is 5.82 Å². The number of hydrogen-bond donors (Lipinski definition) is 1. The normalized spacial score (nSPS) is 14.2. The summed E-state index contributed by atoms with van der Waals surface area (Å²) in [4.78, 5) is 11.4. The van der Waals surface area contributed by atoms with E-state index in [1.165, 1.54) is 34.1 Å². The fraction of sp³-hybridized carbons (Fsp3) is 0.190. The summed E-state index contributed by atoms with van der Waals surface area (Å²) >= 11 is 1.80. The van der Waals surface area contributed by atoms with Crippen LogP contribution in [0.3, 0.4) is 0 Å². The Morgan fingerprint density at radius 1 is 1.00 bits per heavy atom. The van der Waals surface area contributed by atoms with E-state index in [1.807, 2.05) is 6.21 Å². The summed E-state index contributed by atoms with van der Waals surface area (Å²) in [5.41, 5.74) is 5.63. The molecule has 1 N–H and O–H groups in total. The molecule has 0 atom stereocenters. The number of hydrogen-bond acceptors (Lipinski definition) is 5. The summed E-state index contributed by atoms with van der Waals surface area (Å²) in [6.45, 7) is 0. The highest BCUT2D eigenvalue weighted by atomic mass is 32.1. The van der Waals surface area contributed by atoms with Crippen molar-refractivity contribution in [3.8, 4) is 0 Å². The van der Waals surface area contributed by atoms with Crippen LogP contribution in [0.2, 0.25) is 0 Å². The zero-order valence-corrected chi connectivity index (χ0v) is 15.1. The molecule has 5 rings (SSSR count). The fourth-order valence-electron chi connectivity index (χ4n) is 3.63.